The Kier molecular flexibility index (Phi) is 4.61. The van der Waals surface area contributed by atoms with Gasteiger partial charge in [0.25, 0.3) is 0 Å². The largest absolute Gasteiger partial charge is 0.399 e. The first-order valence-corrected chi connectivity index (χ1v) is 7.62. The van der Waals surface area contributed by atoms with Gasteiger partial charge < -0.3 is 10.8 Å². The van der Waals surface area contributed by atoms with Crippen molar-refractivity contribution in [1.82, 2.24) is 4.31 Å². The number of likely N-dealkylation sites (N-methyl/N-ethyl adjacent to an activating group) is 1. The molecule has 0 amide bonds. The van der Waals surface area contributed by atoms with Crippen LogP contribution in [0.1, 0.15) is 13.8 Å². The zero-order valence-corrected chi connectivity index (χ0v) is 13.2. The molecule has 3 N–H and O–H groups in total. The van der Waals surface area contributed by atoms with E-state index in [0.29, 0.717) is 0 Å². The maximum Gasteiger partial charge on any atom is 0.246 e. The lowest BCUT2D eigenvalue weighted by molar-refractivity contribution is 0.137. The van der Waals surface area contributed by atoms with Gasteiger partial charge in [0.1, 0.15) is 4.90 Å². The lowest BCUT2D eigenvalue weighted by atomic mass is 10.1. The number of aliphatic hydroxyl groups excluding tert-OH is 1. The Labute approximate surface area is 120 Å². The van der Waals surface area contributed by atoms with Gasteiger partial charge in [-0.25, -0.2) is 12.8 Å². The van der Waals surface area contributed by atoms with Gasteiger partial charge in [0, 0.05) is 12.7 Å². The molecule has 0 aromatic heterocycles. The molecule has 0 unspecified atom stereocenters. The molecule has 0 saturated heterocycles. The molecule has 0 aliphatic rings. The zero-order chi connectivity index (χ0) is 15.0. The highest BCUT2D eigenvalue weighted by Crippen LogP contribution is 2.30. The third-order valence-corrected chi connectivity index (χ3v) is 5.54. The molecule has 108 valence electrons. The molecular weight excluding hydrogens is 339 g/mol. The van der Waals surface area contributed by atoms with Gasteiger partial charge in [-0.2, -0.15) is 4.31 Å². The van der Waals surface area contributed by atoms with Crippen LogP contribution in [0, 0.1) is 5.82 Å². The molecule has 19 heavy (non-hydrogen) atoms. The van der Waals surface area contributed by atoms with Crippen molar-refractivity contribution in [3.63, 3.8) is 0 Å². The van der Waals surface area contributed by atoms with Gasteiger partial charge in [-0.15, -0.1) is 0 Å². The summed E-state index contributed by atoms with van der Waals surface area (Å²) in [5.74, 6) is -0.908. The van der Waals surface area contributed by atoms with Crippen molar-refractivity contribution in [1.29, 1.82) is 0 Å². The third kappa shape index (κ3) is 3.07. The van der Waals surface area contributed by atoms with Crippen molar-refractivity contribution >= 4 is 31.6 Å². The number of halogens is 2. The first-order chi connectivity index (χ1) is 8.54. The van der Waals surface area contributed by atoms with Crippen molar-refractivity contribution in [3.05, 3.63) is 22.4 Å². The van der Waals surface area contributed by atoms with E-state index in [2.05, 4.69) is 15.9 Å². The number of nitrogen functional groups attached to an aromatic ring is 1. The van der Waals surface area contributed by atoms with E-state index in [1.54, 1.807) is 0 Å². The van der Waals surface area contributed by atoms with E-state index in [0.717, 1.165) is 10.4 Å². The van der Waals surface area contributed by atoms with Gasteiger partial charge in [-0.05, 0) is 41.9 Å². The minimum atomic E-state index is -4.10. The van der Waals surface area contributed by atoms with Crippen LogP contribution in [-0.2, 0) is 10.0 Å². The van der Waals surface area contributed by atoms with Gasteiger partial charge in [-0.1, -0.05) is 0 Å². The molecule has 0 heterocycles. The molecule has 0 fully saturated rings. The van der Waals surface area contributed by atoms with E-state index in [4.69, 9.17) is 5.73 Å². The van der Waals surface area contributed by atoms with Crippen LogP contribution in [-0.4, -0.2) is 37.0 Å². The van der Waals surface area contributed by atoms with Crippen molar-refractivity contribution in [2.24, 2.45) is 0 Å². The first-order valence-electron chi connectivity index (χ1n) is 5.38. The molecule has 0 atom stereocenters. The molecule has 0 aliphatic carbocycles. The minimum Gasteiger partial charge on any atom is -0.399 e. The summed E-state index contributed by atoms with van der Waals surface area (Å²) in [5, 5.41) is 9.22. The standard InChI is InChI=1S/C11H16BrFN2O3S/c1-11(2,6-16)15(3)19(17,18)9-5-7(14)4-8(12)10(9)13/h4-5,16H,6,14H2,1-3H3. The summed E-state index contributed by atoms with van der Waals surface area (Å²) >= 11 is 2.92. The molecule has 0 aliphatic heterocycles. The summed E-state index contributed by atoms with van der Waals surface area (Å²) in [6.07, 6.45) is 0. The van der Waals surface area contributed by atoms with E-state index in [1.165, 1.54) is 27.0 Å². The monoisotopic (exact) mass is 354 g/mol. The van der Waals surface area contributed by atoms with E-state index in [9.17, 15) is 17.9 Å². The maximum absolute atomic E-state index is 14.0. The number of rotatable bonds is 4. The summed E-state index contributed by atoms with van der Waals surface area (Å²) in [6.45, 7) is 2.67. The molecular formula is C11H16BrFN2O3S. The Morgan fingerprint density at radius 1 is 1.47 bits per heavy atom. The number of aliphatic hydroxyl groups is 1. The highest BCUT2D eigenvalue weighted by molar-refractivity contribution is 9.10. The van der Waals surface area contributed by atoms with Crippen LogP contribution >= 0.6 is 15.9 Å². The van der Waals surface area contributed by atoms with Crippen LogP contribution in [0.25, 0.3) is 0 Å². The molecule has 0 saturated carbocycles. The van der Waals surface area contributed by atoms with Gasteiger partial charge >= 0.3 is 0 Å². The second-order valence-electron chi connectivity index (χ2n) is 4.76. The van der Waals surface area contributed by atoms with Crippen molar-refractivity contribution in [3.8, 4) is 0 Å². The molecule has 1 aromatic carbocycles. The highest BCUT2D eigenvalue weighted by atomic mass is 79.9. The van der Waals surface area contributed by atoms with E-state index in [1.807, 2.05) is 0 Å². The normalized spacial score (nSPS) is 13.0. The average Bonchev–Trinajstić information content (AvgIpc) is 2.32. The number of hydrogen-bond acceptors (Lipinski definition) is 4. The summed E-state index contributed by atoms with van der Waals surface area (Å²) in [5.41, 5.74) is 4.61. The molecule has 0 radical (unpaired) electrons. The fourth-order valence-corrected chi connectivity index (χ4v) is 3.58. The minimum absolute atomic E-state index is 0.0266. The fourth-order valence-electron chi connectivity index (χ4n) is 1.34. The van der Waals surface area contributed by atoms with E-state index >= 15 is 0 Å². The van der Waals surface area contributed by atoms with E-state index < -0.39 is 32.9 Å². The predicted octanol–water partition coefficient (Wildman–Crippen LogP) is 1.56. The summed E-state index contributed by atoms with van der Waals surface area (Å²) in [6, 6.07) is 2.34. The van der Waals surface area contributed by atoms with Gasteiger partial charge in [0.05, 0.1) is 16.6 Å². The average molecular weight is 355 g/mol. The smallest absolute Gasteiger partial charge is 0.246 e. The number of hydrogen-bond donors (Lipinski definition) is 2. The summed E-state index contributed by atoms with van der Waals surface area (Å²) in [4.78, 5) is -0.525. The predicted molar refractivity (Wildman–Crippen MR) is 74.6 cm³/mol. The SMILES string of the molecule is CN(C(C)(C)CO)S(=O)(=O)c1cc(N)cc(Br)c1F. The Morgan fingerprint density at radius 3 is 2.47 bits per heavy atom. The number of nitrogens with two attached hydrogens (primary N) is 1. The van der Waals surface area contributed by atoms with Gasteiger partial charge in [0.2, 0.25) is 10.0 Å². The van der Waals surface area contributed by atoms with Crippen molar-refractivity contribution < 1.29 is 17.9 Å². The second kappa shape index (κ2) is 5.35. The van der Waals surface area contributed by atoms with Crippen LogP contribution in [0.4, 0.5) is 10.1 Å². The lowest BCUT2D eigenvalue weighted by Crippen LogP contribution is -2.47. The van der Waals surface area contributed by atoms with Crippen LogP contribution < -0.4 is 5.73 Å². The van der Waals surface area contributed by atoms with E-state index in [-0.39, 0.29) is 10.2 Å². The molecule has 0 bridgehead atoms. The van der Waals surface area contributed by atoms with Crippen molar-refractivity contribution in [2.45, 2.75) is 24.3 Å². The molecule has 1 rings (SSSR count). The highest BCUT2D eigenvalue weighted by Gasteiger charge is 2.35. The number of anilines is 1. The molecule has 8 heteroatoms. The molecule has 5 nitrogen and oxygen atoms in total. The molecule has 0 spiro atoms. The van der Waals surface area contributed by atoms with Crippen LogP contribution in [0.3, 0.4) is 0 Å². The van der Waals surface area contributed by atoms with Gasteiger partial charge in [-0.3, -0.25) is 0 Å². The first kappa shape index (κ1) is 16.4. The zero-order valence-electron chi connectivity index (χ0n) is 10.8. The van der Waals surface area contributed by atoms with Crippen LogP contribution in [0.5, 0.6) is 0 Å². The lowest BCUT2D eigenvalue weighted by Gasteiger charge is -2.32. The Hall–Kier alpha value is -0.700. The quantitative estimate of drug-likeness (QED) is 0.803. The van der Waals surface area contributed by atoms with Crippen molar-refractivity contribution in [2.75, 3.05) is 19.4 Å². The number of benzene rings is 1. The Balaban J connectivity index is 3.45. The number of nitrogens with zero attached hydrogens (tertiary/aromatic N) is 1. The fraction of sp³-hybridized carbons (Fsp3) is 0.455. The Morgan fingerprint density at radius 2 is 2.00 bits per heavy atom. The van der Waals surface area contributed by atoms with Crippen LogP contribution in [0.2, 0.25) is 0 Å². The Bertz CT molecular complexity index is 590. The topological polar surface area (TPSA) is 83.6 Å². The van der Waals surface area contributed by atoms with Crippen LogP contribution in [0.15, 0.2) is 21.5 Å². The molecule has 1 aromatic rings. The third-order valence-electron chi connectivity index (χ3n) is 2.89. The number of sulfonamides is 1. The summed E-state index contributed by atoms with van der Waals surface area (Å²) in [7, 11) is -2.82. The second-order valence-corrected chi connectivity index (χ2v) is 7.55. The maximum atomic E-state index is 14.0. The summed E-state index contributed by atoms with van der Waals surface area (Å²) < 4.78 is 39.6. The van der Waals surface area contributed by atoms with Gasteiger partial charge in [0.15, 0.2) is 5.82 Å².